The first kappa shape index (κ1) is 13.4. The van der Waals surface area contributed by atoms with E-state index in [1.54, 1.807) is 0 Å². The monoisotopic (exact) mass is 324 g/mol. The van der Waals surface area contributed by atoms with Gasteiger partial charge in [-0.05, 0) is 30.5 Å². The Bertz CT molecular complexity index is 409. The van der Waals surface area contributed by atoms with Crippen LogP contribution in [-0.4, -0.2) is 18.3 Å². The molecule has 3 rings (SSSR count). The number of benzene rings is 1. The Kier molecular flexibility index (Phi) is 4.13. The smallest absolute Gasteiger partial charge is 0.119 e. The van der Waals surface area contributed by atoms with Crippen molar-refractivity contribution in [3.05, 3.63) is 29.8 Å². The molecule has 104 valence electrons. The van der Waals surface area contributed by atoms with Gasteiger partial charge in [-0.3, -0.25) is 0 Å². The number of alkyl halides is 1. The number of hydrogen-bond donors (Lipinski definition) is 0. The van der Waals surface area contributed by atoms with Gasteiger partial charge in [-0.1, -0.05) is 40.9 Å². The van der Waals surface area contributed by atoms with E-state index in [0.29, 0.717) is 6.10 Å². The highest BCUT2D eigenvalue weighted by atomic mass is 79.9. The topological polar surface area (TPSA) is 18.5 Å². The van der Waals surface area contributed by atoms with Gasteiger partial charge in [-0.15, -0.1) is 0 Å². The molecule has 0 aromatic heterocycles. The van der Waals surface area contributed by atoms with Crippen LogP contribution < -0.4 is 4.74 Å². The Hall–Kier alpha value is -0.540. The van der Waals surface area contributed by atoms with Gasteiger partial charge in [0, 0.05) is 18.2 Å². The largest absolute Gasteiger partial charge is 0.490 e. The number of halogens is 1. The maximum absolute atomic E-state index is 6.15. The minimum atomic E-state index is 0.138. The molecule has 2 aliphatic rings. The molecule has 1 saturated carbocycles. The summed E-state index contributed by atoms with van der Waals surface area (Å²) in [4.78, 5) is 0. The first-order chi connectivity index (χ1) is 9.30. The summed E-state index contributed by atoms with van der Waals surface area (Å²) in [5, 5.41) is 0.896. The molecule has 19 heavy (non-hydrogen) atoms. The number of rotatable bonds is 3. The van der Waals surface area contributed by atoms with Crippen molar-refractivity contribution in [1.29, 1.82) is 0 Å². The molecule has 1 heterocycles. The summed E-state index contributed by atoms with van der Waals surface area (Å²) in [6.45, 7) is 0.851. The van der Waals surface area contributed by atoms with E-state index in [1.165, 1.54) is 31.2 Å². The standard InChI is InChI=1S/C16H21BrO2/c17-12-13-3-5-14(6-4-13)19-15-7-10-18-16(11-15)8-1-2-9-16/h3-6,15H,1-2,7-12H2. The van der Waals surface area contributed by atoms with Gasteiger partial charge < -0.3 is 9.47 Å². The van der Waals surface area contributed by atoms with E-state index in [0.717, 1.165) is 30.5 Å². The van der Waals surface area contributed by atoms with E-state index in [4.69, 9.17) is 9.47 Å². The normalized spacial score (nSPS) is 25.6. The fourth-order valence-corrected chi connectivity index (χ4v) is 3.67. The first-order valence-corrected chi connectivity index (χ1v) is 8.37. The van der Waals surface area contributed by atoms with Crippen LogP contribution in [0.25, 0.3) is 0 Å². The number of hydrogen-bond acceptors (Lipinski definition) is 2. The van der Waals surface area contributed by atoms with Crippen LogP contribution in [0.3, 0.4) is 0 Å². The molecule has 0 amide bonds. The first-order valence-electron chi connectivity index (χ1n) is 7.25. The molecule has 0 radical (unpaired) electrons. The van der Waals surface area contributed by atoms with E-state index in [-0.39, 0.29) is 5.60 Å². The van der Waals surface area contributed by atoms with Crippen molar-refractivity contribution in [2.45, 2.75) is 55.6 Å². The third-order valence-corrected chi connectivity index (χ3v) is 4.99. The van der Waals surface area contributed by atoms with Crippen molar-refractivity contribution in [1.82, 2.24) is 0 Å². The van der Waals surface area contributed by atoms with E-state index < -0.39 is 0 Å². The van der Waals surface area contributed by atoms with Gasteiger partial charge in [0.25, 0.3) is 0 Å². The SMILES string of the molecule is BrCc1ccc(OC2CCOC3(CCCC3)C2)cc1. The average Bonchev–Trinajstić information content (AvgIpc) is 2.88. The van der Waals surface area contributed by atoms with E-state index in [9.17, 15) is 0 Å². The van der Waals surface area contributed by atoms with Crippen LogP contribution in [0.5, 0.6) is 5.75 Å². The summed E-state index contributed by atoms with van der Waals surface area (Å²) in [5.74, 6) is 0.991. The summed E-state index contributed by atoms with van der Waals surface area (Å²) in [7, 11) is 0. The molecule has 1 aliphatic carbocycles. The summed E-state index contributed by atoms with van der Waals surface area (Å²) < 4.78 is 12.2. The van der Waals surface area contributed by atoms with Crippen LogP contribution in [0, 0.1) is 0 Å². The number of ether oxygens (including phenoxy) is 2. The molecule has 0 bridgehead atoms. The Morgan fingerprint density at radius 2 is 1.95 bits per heavy atom. The van der Waals surface area contributed by atoms with Gasteiger partial charge in [-0.25, -0.2) is 0 Å². The van der Waals surface area contributed by atoms with Gasteiger partial charge >= 0.3 is 0 Å². The average molecular weight is 325 g/mol. The zero-order valence-electron chi connectivity index (χ0n) is 11.2. The minimum Gasteiger partial charge on any atom is -0.490 e. The zero-order valence-corrected chi connectivity index (χ0v) is 12.8. The van der Waals surface area contributed by atoms with Crippen molar-refractivity contribution < 1.29 is 9.47 Å². The fourth-order valence-electron chi connectivity index (χ4n) is 3.30. The van der Waals surface area contributed by atoms with Gasteiger partial charge in [0.15, 0.2) is 0 Å². The molecular formula is C16H21BrO2. The molecular weight excluding hydrogens is 304 g/mol. The summed E-state index contributed by atoms with van der Waals surface area (Å²) in [6, 6.07) is 8.39. The predicted octanol–water partition coefficient (Wildman–Crippen LogP) is 4.45. The summed E-state index contributed by atoms with van der Waals surface area (Å²) in [6.07, 6.45) is 7.46. The van der Waals surface area contributed by atoms with E-state index in [2.05, 4.69) is 40.2 Å². The molecule has 1 unspecified atom stereocenters. The van der Waals surface area contributed by atoms with Crippen molar-refractivity contribution >= 4 is 15.9 Å². The molecule has 1 aliphatic heterocycles. The highest BCUT2D eigenvalue weighted by molar-refractivity contribution is 9.08. The lowest BCUT2D eigenvalue weighted by atomic mass is 9.90. The van der Waals surface area contributed by atoms with Crippen molar-refractivity contribution in [2.75, 3.05) is 6.61 Å². The van der Waals surface area contributed by atoms with Crippen molar-refractivity contribution in [2.24, 2.45) is 0 Å². The summed E-state index contributed by atoms with van der Waals surface area (Å²) >= 11 is 3.46. The molecule has 1 aromatic rings. The molecule has 3 heteroatoms. The molecule has 1 spiro atoms. The second-order valence-electron chi connectivity index (χ2n) is 5.75. The van der Waals surface area contributed by atoms with Crippen LogP contribution in [0.15, 0.2) is 24.3 Å². The van der Waals surface area contributed by atoms with Crippen LogP contribution in [-0.2, 0) is 10.1 Å². The second kappa shape index (κ2) is 5.84. The van der Waals surface area contributed by atoms with Gasteiger partial charge in [-0.2, -0.15) is 0 Å². The van der Waals surface area contributed by atoms with Crippen LogP contribution in [0.2, 0.25) is 0 Å². The third-order valence-electron chi connectivity index (χ3n) is 4.34. The van der Waals surface area contributed by atoms with Gasteiger partial charge in [0.1, 0.15) is 11.9 Å². The molecule has 1 atom stereocenters. The highest BCUT2D eigenvalue weighted by Crippen LogP contribution is 2.40. The molecule has 1 saturated heterocycles. The predicted molar refractivity (Wildman–Crippen MR) is 79.9 cm³/mol. The maximum Gasteiger partial charge on any atom is 0.119 e. The van der Waals surface area contributed by atoms with Crippen molar-refractivity contribution in [3.8, 4) is 5.75 Å². The van der Waals surface area contributed by atoms with Gasteiger partial charge in [0.2, 0.25) is 0 Å². The Morgan fingerprint density at radius 1 is 1.21 bits per heavy atom. The third kappa shape index (κ3) is 3.14. The molecule has 2 fully saturated rings. The van der Waals surface area contributed by atoms with Crippen LogP contribution in [0.4, 0.5) is 0 Å². The lowest BCUT2D eigenvalue weighted by molar-refractivity contribution is -0.108. The van der Waals surface area contributed by atoms with Gasteiger partial charge in [0.05, 0.1) is 12.2 Å². The highest BCUT2D eigenvalue weighted by Gasteiger charge is 2.40. The van der Waals surface area contributed by atoms with E-state index >= 15 is 0 Å². The van der Waals surface area contributed by atoms with Crippen molar-refractivity contribution in [3.63, 3.8) is 0 Å². The summed E-state index contributed by atoms with van der Waals surface area (Å²) in [5.41, 5.74) is 1.42. The quantitative estimate of drug-likeness (QED) is 0.764. The Morgan fingerprint density at radius 3 is 2.63 bits per heavy atom. The lowest BCUT2D eigenvalue weighted by Gasteiger charge is -2.38. The fraction of sp³-hybridized carbons (Fsp3) is 0.625. The molecule has 0 N–H and O–H groups in total. The Balaban J connectivity index is 1.62. The zero-order chi connectivity index (χ0) is 13.1. The second-order valence-corrected chi connectivity index (χ2v) is 6.31. The lowest BCUT2D eigenvalue weighted by Crippen LogP contribution is -2.41. The Labute approximate surface area is 123 Å². The van der Waals surface area contributed by atoms with Crippen LogP contribution >= 0.6 is 15.9 Å². The van der Waals surface area contributed by atoms with Crippen LogP contribution in [0.1, 0.15) is 44.1 Å². The molecule has 1 aromatic carbocycles. The minimum absolute atomic E-state index is 0.138. The van der Waals surface area contributed by atoms with E-state index in [1.807, 2.05) is 0 Å². The maximum atomic E-state index is 6.15. The molecule has 2 nitrogen and oxygen atoms in total.